The zero-order valence-electron chi connectivity index (χ0n) is 16.4. The van der Waals surface area contributed by atoms with Gasteiger partial charge in [0, 0.05) is 30.4 Å². The Morgan fingerprint density at radius 2 is 1.90 bits per heavy atom. The predicted octanol–water partition coefficient (Wildman–Crippen LogP) is 4.34. The molecule has 1 saturated heterocycles. The third kappa shape index (κ3) is 3.85. The van der Waals surface area contributed by atoms with Gasteiger partial charge in [0.15, 0.2) is 0 Å². The lowest BCUT2D eigenvalue weighted by Crippen LogP contribution is -2.47. The number of sulfonamides is 1. The standard InChI is InChI=1S/C21H25ClN2O3S2/c1-2-18-16-10-14-28-19(16)9-13-24(18)21(25)15-7-11-23(12-8-15)29(26,27)20-6-4-3-5-17(20)22/h3-6,10,14-15,18H,2,7-9,11-13H2,1H3. The van der Waals surface area contributed by atoms with E-state index < -0.39 is 10.0 Å². The van der Waals surface area contributed by atoms with E-state index >= 15 is 0 Å². The Morgan fingerprint density at radius 3 is 2.59 bits per heavy atom. The maximum absolute atomic E-state index is 13.3. The SMILES string of the molecule is CCC1c2ccsc2CCN1C(=O)C1CCN(S(=O)(=O)c2ccccc2Cl)CC1. The van der Waals surface area contributed by atoms with Gasteiger partial charge in [0.05, 0.1) is 11.1 Å². The Labute approximate surface area is 181 Å². The maximum Gasteiger partial charge on any atom is 0.244 e. The zero-order chi connectivity index (χ0) is 20.6. The van der Waals surface area contributed by atoms with E-state index in [0.717, 1.165) is 19.4 Å². The van der Waals surface area contributed by atoms with Crippen molar-refractivity contribution in [3.63, 3.8) is 0 Å². The maximum atomic E-state index is 13.3. The molecule has 0 radical (unpaired) electrons. The number of hydrogen-bond donors (Lipinski definition) is 0. The summed E-state index contributed by atoms with van der Waals surface area (Å²) in [6, 6.07) is 8.80. The molecule has 1 amide bonds. The summed E-state index contributed by atoms with van der Waals surface area (Å²) in [6.07, 6.45) is 2.90. The molecular weight excluding hydrogens is 428 g/mol. The molecule has 0 N–H and O–H groups in total. The average molecular weight is 453 g/mol. The highest BCUT2D eigenvalue weighted by Crippen LogP contribution is 2.37. The molecule has 0 aliphatic carbocycles. The van der Waals surface area contributed by atoms with Crippen LogP contribution in [-0.4, -0.2) is 43.2 Å². The number of carbonyl (C=O) groups is 1. The van der Waals surface area contributed by atoms with Crippen LogP contribution in [0.25, 0.3) is 0 Å². The van der Waals surface area contributed by atoms with Crippen molar-refractivity contribution in [2.24, 2.45) is 5.92 Å². The number of benzene rings is 1. The van der Waals surface area contributed by atoms with Crippen LogP contribution >= 0.6 is 22.9 Å². The van der Waals surface area contributed by atoms with Crippen molar-refractivity contribution in [2.45, 2.75) is 43.5 Å². The first-order valence-corrected chi connectivity index (χ1v) is 12.7. The Kier molecular flexibility index (Phi) is 6.02. The van der Waals surface area contributed by atoms with Crippen LogP contribution in [-0.2, 0) is 21.2 Å². The number of nitrogens with zero attached hydrogens (tertiary/aromatic N) is 2. The van der Waals surface area contributed by atoms with Gasteiger partial charge in [-0.25, -0.2) is 8.42 Å². The normalized spacial score (nSPS) is 21.2. The largest absolute Gasteiger partial charge is 0.335 e. The molecule has 2 aromatic rings. The molecule has 1 unspecified atom stereocenters. The van der Waals surface area contributed by atoms with Crippen LogP contribution in [0.5, 0.6) is 0 Å². The number of carbonyl (C=O) groups excluding carboxylic acids is 1. The van der Waals surface area contributed by atoms with Crippen molar-refractivity contribution >= 4 is 38.9 Å². The first-order valence-electron chi connectivity index (χ1n) is 10.0. The van der Waals surface area contributed by atoms with Crippen LogP contribution in [0.4, 0.5) is 0 Å². The highest BCUT2D eigenvalue weighted by atomic mass is 35.5. The minimum atomic E-state index is -3.64. The van der Waals surface area contributed by atoms with Crippen LogP contribution in [0.1, 0.15) is 42.7 Å². The topological polar surface area (TPSA) is 57.7 Å². The second-order valence-electron chi connectivity index (χ2n) is 7.61. The number of hydrogen-bond acceptors (Lipinski definition) is 4. The van der Waals surface area contributed by atoms with Gasteiger partial charge >= 0.3 is 0 Å². The second kappa shape index (κ2) is 8.38. The van der Waals surface area contributed by atoms with Gasteiger partial charge in [0.1, 0.15) is 4.90 Å². The molecule has 5 nitrogen and oxygen atoms in total. The summed E-state index contributed by atoms with van der Waals surface area (Å²) in [6.45, 7) is 3.57. The van der Waals surface area contributed by atoms with E-state index in [1.807, 2.05) is 4.90 Å². The first-order chi connectivity index (χ1) is 13.9. The molecule has 0 spiro atoms. The molecule has 1 aromatic heterocycles. The lowest BCUT2D eigenvalue weighted by Gasteiger charge is -2.39. The fraction of sp³-hybridized carbons (Fsp3) is 0.476. The van der Waals surface area contributed by atoms with Gasteiger partial charge in [0.25, 0.3) is 0 Å². The van der Waals surface area contributed by atoms with Crippen LogP contribution in [0.2, 0.25) is 5.02 Å². The number of piperidine rings is 1. The van der Waals surface area contributed by atoms with E-state index in [2.05, 4.69) is 18.4 Å². The molecule has 2 aliphatic rings. The van der Waals surface area contributed by atoms with E-state index in [1.54, 1.807) is 29.5 Å². The summed E-state index contributed by atoms with van der Waals surface area (Å²) in [4.78, 5) is 16.8. The van der Waals surface area contributed by atoms with Crippen LogP contribution in [0.15, 0.2) is 40.6 Å². The molecule has 0 bridgehead atoms. The van der Waals surface area contributed by atoms with Crippen molar-refractivity contribution in [1.82, 2.24) is 9.21 Å². The Bertz CT molecular complexity index is 997. The van der Waals surface area contributed by atoms with Crippen molar-refractivity contribution in [3.8, 4) is 0 Å². The van der Waals surface area contributed by atoms with E-state index in [0.29, 0.717) is 25.9 Å². The molecule has 2 aliphatic heterocycles. The number of amides is 1. The van der Waals surface area contributed by atoms with Gasteiger partial charge in [-0.05, 0) is 54.8 Å². The lowest BCUT2D eigenvalue weighted by atomic mass is 9.92. The Balaban J connectivity index is 1.45. The molecule has 4 rings (SSSR count). The molecule has 8 heteroatoms. The minimum absolute atomic E-state index is 0.123. The van der Waals surface area contributed by atoms with Gasteiger partial charge < -0.3 is 4.90 Å². The molecule has 1 atom stereocenters. The highest BCUT2D eigenvalue weighted by molar-refractivity contribution is 7.89. The highest BCUT2D eigenvalue weighted by Gasteiger charge is 2.37. The smallest absolute Gasteiger partial charge is 0.244 e. The summed E-state index contributed by atoms with van der Waals surface area (Å²) in [7, 11) is -3.64. The van der Waals surface area contributed by atoms with E-state index in [-0.39, 0.29) is 27.8 Å². The fourth-order valence-electron chi connectivity index (χ4n) is 4.47. The Morgan fingerprint density at radius 1 is 1.17 bits per heavy atom. The van der Waals surface area contributed by atoms with Gasteiger partial charge in [-0.1, -0.05) is 30.7 Å². The number of halogens is 1. The van der Waals surface area contributed by atoms with Gasteiger partial charge in [-0.3, -0.25) is 4.79 Å². The van der Waals surface area contributed by atoms with Gasteiger partial charge in [-0.2, -0.15) is 4.31 Å². The van der Waals surface area contributed by atoms with Crippen molar-refractivity contribution < 1.29 is 13.2 Å². The van der Waals surface area contributed by atoms with E-state index in [1.165, 1.54) is 20.8 Å². The van der Waals surface area contributed by atoms with Crippen LogP contribution in [0, 0.1) is 5.92 Å². The molecule has 156 valence electrons. The van der Waals surface area contributed by atoms with Crippen molar-refractivity contribution in [2.75, 3.05) is 19.6 Å². The minimum Gasteiger partial charge on any atom is -0.335 e. The fourth-order valence-corrected chi connectivity index (χ4v) is 7.36. The summed E-state index contributed by atoms with van der Waals surface area (Å²) in [5.74, 6) is 0.0467. The molecule has 1 aromatic carbocycles. The van der Waals surface area contributed by atoms with E-state index in [4.69, 9.17) is 11.6 Å². The molecule has 3 heterocycles. The van der Waals surface area contributed by atoms with Gasteiger partial charge in [-0.15, -0.1) is 11.3 Å². The van der Waals surface area contributed by atoms with Crippen molar-refractivity contribution in [1.29, 1.82) is 0 Å². The second-order valence-corrected chi connectivity index (χ2v) is 10.9. The lowest BCUT2D eigenvalue weighted by molar-refractivity contribution is -0.139. The summed E-state index contributed by atoms with van der Waals surface area (Å²) in [5, 5.41) is 2.34. The Hall–Kier alpha value is -1.41. The van der Waals surface area contributed by atoms with Crippen molar-refractivity contribution in [3.05, 3.63) is 51.2 Å². The van der Waals surface area contributed by atoms with E-state index in [9.17, 15) is 13.2 Å². The zero-order valence-corrected chi connectivity index (χ0v) is 18.8. The van der Waals surface area contributed by atoms with Crippen LogP contribution < -0.4 is 0 Å². The summed E-state index contributed by atoms with van der Waals surface area (Å²) < 4.78 is 27.3. The molecular formula is C21H25ClN2O3S2. The summed E-state index contributed by atoms with van der Waals surface area (Å²) >= 11 is 7.88. The summed E-state index contributed by atoms with van der Waals surface area (Å²) in [5.41, 5.74) is 1.29. The third-order valence-corrected chi connectivity index (χ3v) is 9.42. The third-order valence-electron chi connectivity index (χ3n) is 6.02. The molecule has 0 saturated carbocycles. The van der Waals surface area contributed by atoms with Gasteiger partial charge in [0.2, 0.25) is 15.9 Å². The molecule has 29 heavy (non-hydrogen) atoms. The number of fused-ring (bicyclic) bond motifs is 1. The average Bonchev–Trinajstić information content (AvgIpc) is 3.21. The first kappa shape index (κ1) is 20.8. The number of rotatable bonds is 4. The number of thiophene rings is 1. The van der Waals surface area contributed by atoms with Crippen LogP contribution in [0.3, 0.4) is 0 Å². The predicted molar refractivity (Wildman–Crippen MR) is 116 cm³/mol. The quantitative estimate of drug-likeness (QED) is 0.693. The monoisotopic (exact) mass is 452 g/mol. The molecule has 1 fully saturated rings.